The maximum absolute atomic E-state index is 12.4. The number of nitrogens with one attached hydrogen (secondary N) is 2. The highest BCUT2D eigenvalue weighted by Gasteiger charge is 2.15. The van der Waals surface area contributed by atoms with Gasteiger partial charge in [-0.25, -0.2) is 4.98 Å². The van der Waals surface area contributed by atoms with Crippen molar-refractivity contribution in [2.24, 2.45) is 5.92 Å². The predicted octanol–water partition coefficient (Wildman–Crippen LogP) is 1.48. The van der Waals surface area contributed by atoms with Crippen molar-refractivity contribution >= 4 is 5.91 Å². The fourth-order valence-electron chi connectivity index (χ4n) is 2.93. The van der Waals surface area contributed by atoms with Crippen LogP contribution in [0.2, 0.25) is 0 Å². The summed E-state index contributed by atoms with van der Waals surface area (Å²) in [4.78, 5) is 19.1. The Morgan fingerprint density at radius 3 is 2.92 bits per heavy atom. The zero-order chi connectivity index (χ0) is 17.6. The number of ether oxygens (including phenoxy) is 1. The van der Waals surface area contributed by atoms with Gasteiger partial charge in [0.1, 0.15) is 5.82 Å². The van der Waals surface area contributed by atoms with E-state index in [-0.39, 0.29) is 5.91 Å². The summed E-state index contributed by atoms with van der Waals surface area (Å²) in [5.41, 5.74) is 1.46. The predicted molar refractivity (Wildman–Crippen MR) is 95.3 cm³/mol. The van der Waals surface area contributed by atoms with E-state index in [1.807, 2.05) is 31.2 Å². The molecular formula is C18H25N5O2. The summed E-state index contributed by atoms with van der Waals surface area (Å²) in [6.45, 7) is 9.16. The average Bonchev–Trinajstić information content (AvgIpc) is 3.07. The van der Waals surface area contributed by atoms with Crippen LogP contribution in [0.5, 0.6) is 0 Å². The van der Waals surface area contributed by atoms with Crippen molar-refractivity contribution in [2.45, 2.75) is 13.8 Å². The first kappa shape index (κ1) is 17.6. The maximum Gasteiger partial charge on any atom is 0.251 e. The van der Waals surface area contributed by atoms with Crippen LogP contribution in [0.1, 0.15) is 23.1 Å². The molecule has 7 heteroatoms. The first-order valence-corrected chi connectivity index (χ1v) is 8.69. The lowest BCUT2D eigenvalue weighted by Crippen LogP contribution is -2.41. The quantitative estimate of drug-likeness (QED) is 0.830. The number of aryl methyl sites for hydroxylation is 1. The van der Waals surface area contributed by atoms with E-state index >= 15 is 0 Å². The zero-order valence-corrected chi connectivity index (χ0v) is 14.8. The Bertz CT molecular complexity index is 709. The van der Waals surface area contributed by atoms with Crippen molar-refractivity contribution in [3.8, 4) is 11.4 Å². The Balaban J connectivity index is 1.54. The molecule has 1 saturated heterocycles. The molecule has 2 aromatic rings. The van der Waals surface area contributed by atoms with Crippen LogP contribution in [0.3, 0.4) is 0 Å². The van der Waals surface area contributed by atoms with Crippen LogP contribution >= 0.6 is 0 Å². The molecule has 3 rings (SSSR count). The Hall–Kier alpha value is -2.25. The van der Waals surface area contributed by atoms with E-state index in [1.54, 1.807) is 0 Å². The van der Waals surface area contributed by atoms with Crippen molar-refractivity contribution in [3.05, 3.63) is 35.7 Å². The average molecular weight is 343 g/mol. The van der Waals surface area contributed by atoms with Crippen LogP contribution in [0, 0.1) is 12.8 Å². The van der Waals surface area contributed by atoms with E-state index in [1.165, 1.54) is 0 Å². The Kier molecular flexibility index (Phi) is 5.78. The van der Waals surface area contributed by atoms with Gasteiger partial charge in [0.05, 0.1) is 13.2 Å². The number of H-pyrrole nitrogens is 1. The van der Waals surface area contributed by atoms with Gasteiger partial charge in [-0.15, -0.1) is 0 Å². The molecule has 2 N–H and O–H groups in total. The summed E-state index contributed by atoms with van der Waals surface area (Å²) >= 11 is 0. The normalized spacial score (nSPS) is 16.6. The van der Waals surface area contributed by atoms with Crippen molar-refractivity contribution in [1.82, 2.24) is 25.4 Å². The molecule has 1 aliphatic heterocycles. The Labute approximate surface area is 147 Å². The number of hydrogen-bond acceptors (Lipinski definition) is 5. The fourth-order valence-corrected chi connectivity index (χ4v) is 2.93. The smallest absolute Gasteiger partial charge is 0.251 e. The van der Waals surface area contributed by atoms with Crippen molar-refractivity contribution < 1.29 is 9.53 Å². The largest absolute Gasteiger partial charge is 0.379 e. The third-order valence-corrected chi connectivity index (χ3v) is 4.26. The molecule has 0 radical (unpaired) electrons. The number of aromatic amines is 1. The molecule has 0 unspecified atom stereocenters. The Morgan fingerprint density at radius 1 is 1.40 bits per heavy atom. The van der Waals surface area contributed by atoms with Gasteiger partial charge in [-0.3, -0.25) is 14.8 Å². The second kappa shape index (κ2) is 8.22. The second-order valence-electron chi connectivity index (χ2n) is 6.55. The number of amides is 1. The van der Waals surface area contributed by atoms with E-state index in [2.05, 4.69) is 32.3 Å². The summed E-state index contributed by atoms with van der Waals surface area (Å²) in [7, 11) is 0. The number of aromatic nitrogens is 3. The van der Waals surface area contributed by atoms with E-state index in [9.17, 15) is 4.79 Å². The van der Waals surface area contributed by atoms with E-state index < -0.39 is 0 Å². The van der Waals surface area contributed by atoms with Gasteiger partial charge >= 0.3 is 0 Å². The minimum absolute atomic E-state index is 0.0667. The zero-order valence-electron chi connectivity index (χ0n) is 14.8. The molecule has 0 saturated carbocycles. The van der Waals surface area contributed by atoms with Gasteiger partial charge < -0.3 is 10.1 Å². The lowest BCUT2D eigenvalue weighted by molar-refractivity contribution is 0.0317. The van der Waals surface area contributed by atoms with E-state index in [0.717, 1.165) is 44.2 Å². The van der Waals surface area contributed by atoms with Crippen LogP contribution < -0.4 is 5.32 Å². The number of nitrogens with zero attached hydrogens (tertiary/aromatic N) is 3. The molecule has 1 atom stereocenters. The summed E-state index contributed by atoms with van der Waals surface area (Å²) in [5, 5.41) is 9.99. The SMILES string of the molecule is Cc1nc(-c2cccc(C(=O)NC[C@H](C)CN3CCOCC3)c2)n[nH]1. The molecule has 1 fully saturated rings. The third-order valence-electron chi connectivity index (χ3n) is 4.26. The third kappa shape index (κ3) is 4.87. The van der Waals surface area contributed by atoms with Gasteiger partial charge in [-0.1, -0.05) is 19.1 Å². The number of benzene rings is 1. The van der Waals surface area contributed by atoms with Crippen LogP contribution in [0.25, 0.3) is 11.4 Å². The molecule has 0 spiro atoms. The van der Waals surface area contributed by atoms with E-state index in [0.29, 0.717) is 23.9 Å². The first-order valence-electron chi connectivity index (χ1n) is 8.69. The molecule has 1 aromatic carbocycles. The lowest BCUT2D eigenvalue weighted by Gasteiger charge is -2.29. The number of rotatable bonds is 6. The molecule has 0 aliphatic carbocycles. The van der Waals surface area contributed by atoms with Crippen LogP contribution in [-0.4, -0.2) is 65.4 Å². The molecule has 0 bridgehead atoms. The summed E-state index contributed by atoms with van der Waals surface area (Å²) in [5.74, 6) is 1.68. The van der Waals surface area contributed by atoms with Crippen LogP contribution in [0.4, 0.5) is 0 Å². The monoisotopic (exact) mass is 343 g/mol. The Morgan fingerprint density at radius 2 is 2.20 bits per heavy atom. The van der Waals surface area contributed by atoms with Crippen molar-refractivity contribution in [1.29, 1.82) is 0 Å². The topological polar surface area (TPSA) is 83.1 Å². The van der Waals surface area contributed by atoms with E-state index in [4.69, 9.17) is 4.74 Å². The summed E-state index contributed by atoms with van der Waals surface area (Å²) in [6, 6.07) is 7.39. The number of morpholine rings is 1. The van der Waals surface area contributed by atoms with Gasteiger partial charge in [0.15, 0.2) is 5.82 Å². The molecular weight excluding hydrogens is 318 g/mol. The number of hydrogen-bond donors (Lipinski definition) is 2. The highest BCUT2D eigenvalue weighted by atomic mass is 16.5. The van der Waals surface area contributed by atoms with Crippen molar-refractivity contribution in [3.63, 3.8) is 0 Å². The molecule has 1 amide bonds. The number of carbonyl (C=O) groups is 1. The molecule has 25 heavy (non-hydrogen) atoms. The molecule has 1 aliphatic rings. The molecule has 1 aromatic heterocycles. The van der Waals surface area contributed by atoms with Gasteiger partial charge in [-0.2, -0.15) is 5.10 Å². The molecule has 2 heterocycles. The summed E-state index contributed by atoms with van der Waals surface area (Å²) in [6.07, 6.45) is 0. The van der Waals surface area contributed by atoms with Crippen LogP contribution in [-0.2, 0) is 4.74 Å². The van der Waals surface area contributed by atoms with Gasteiger partial charge in [0, 0.05) is 37.3 Å². The first-order chi connectivity index (χ1) is 12.1. The summed E-state index contributed by atoms with van der Waals surface area (Å²) < 4.78 is 5.36. The minimum Gasteiger partial charge on any atom is -0.379 e. The highest BCUT2D eigenvalue weighted by Crippen LogP contribution is 2.16. The fraction of sp³-hybridized carbons (Fsp3) is 0.500. The van der Waals surface area contributed by atoms with Gasteiger partial charge in [0.25, 0.3) is 5.91 Å². The van der Waals surface area contributed by atoms with Gasteiger partial charge in [0.2, 0.25) is 0 Å². The van der Waals surface area contributed by atoms with Crippen molar-refractivity contribution in [2.75, 3.05) is 39.4 Å². The van der Waals surface area contributed by atoms with Gasteiger partial charge in [-0.05, 0) is 25.0 Å². The molecule has 7 nitrogen and oxygen atoms in total. The lowest BCUT2D eigenvalue weighted by atomic mass is 10.1. The number of carbonyl (C=O) groups excluding carboxylic acids is 1. The second-order valence-corrected chi connectivity index (χ2v) is 6.55. The minimum atomic E-state index is -0.0667. The maximum atomic E-state index is 12.4. The highest BCUT2D eigenvalue weighted by molar-refractivity contribution is 5.95. The molecule has 134 valence electrons. The van der Waals surface area contributed by atoms with Crippen LogP contribution in [0.15, 0.2) is 24.3 Å². The standard InChI is InChI=1S/C18H25N5O2/c1-13(12-23-6-8-25-9-7-23)11-19-18(24)16-5-3-4-15(10-16)17-20-14(2)21-22-17/h3-5,10,13H,6-9,11-12H2,1-2H3,(H,19,24)(H,20,21,22)/t13-/m0/s1.